The zero-order valence-electron chi connectivity index (χ0n) is 9.99. The van der Waals surface area contributed by atoms with E-state index in [4.69, 9.17) is 5.73 Å². The van der Waals surface area contributed by atoms with Gasteiger partial charge in [-0.1, -0.05) is 13.8 Å². The van der Waals surface area contributed by atoms with Crippen LogP contribution in [0.1, 0.15) is 32.8 Å². The number of rotatable bonds is 4. The van der Waals surface area contributed by atoms with Gasteiger partial charge in [0.1, 0.15) is 18.0 Å². The van der Waals surface area contributed by atoms with E-state index in [0.29, 0.717) is 11.9 Å². The van der Waals surface area contributed by atoms with Crippen LogP contribution in [0.25, 0.3) is 0 Å². The molecular formula is C11H20N4. The predicted octanol–water partition coefficient (Wildman–Crippen LogP) is 1.86. The summed E-state index contributed by atoms with van der Waals surface area (Å²) in [5.41, 5.74) is 6.88. The van der Waals surface area contributed by atoms with Crippen LogP contribution in [-0.2, 0) is 6.42 Å². The highest BCUT2D eigenvalue weighted by molar-refractivity contribution is 5.56. The van der Waals surface area contributed by atoms with Crippen molar-refractivity contribution in [3.8, 4) is 0 Å². The summed E-state index contributed by atoms with van der Waals surface area (Å²) in [5.74, 6) is 1.55. The van der Waals surface area contributed by atoms with E-state index in [1.165, 1.54) is 6.33 Å². The summed E-state index contributed by atoms with van der Waals surface area (Å²) in [4.78, 5) is 10.5. The molecule has 1 aromatic rings. The van der Waals surface area contributed by atoms with E-state index in [1.807, 2.05) is 0 Å². The highest BCUT2D eigenvalue weighted by Crippen LogP contribution is 2.22. The molecule has 84 valence electrons. The van der Waals surface area contributed by atoms with Gasteiger partial charge in [0.05, 0.1) is 0 Å². The van der Waals surface area contributed by atoms with Crippen LogP contribution < -0.4 is 10.6 Å². The van der Waals surface area contributed by atoms with Crippen LogP contribution in [0, 0.1) is 0 Å². The average molecular weight is 208 g/mol. The quantitative estimate of drug-likeness (QED) is 0.820. The van der Waals surface area contributed by atoms with E-state index in [9.17, 15) is 0 Å². The Kier molecular flexibility index (Phi) is 3.88. The Labute approximate surface area is 91.5 Å². The van der Waals surface area contributed by atoms with Crippen molar-refractivity contribution in [2.45, 2.75) is 39.7 Å². The zero-order valence-corrected chi connectivity index (χ0v) is 9.99. The van der Waals surface area contributed by atoms with Crippen LogP contribution in [0.3, 0.4) is 0 Å². The molecule has 1 aromatic heterocycles. The highest BCUT2D eigenvalue weighted by Gasteiger charge is 2.14. The summed E-state index contributed by atoms with van der Waals surface area (Å²) < 4.78 is 0. The van der Waals surface area contributed by atoms with Gasteiger partial charge in [0.15, 0.2) is 0 Å². The predicted molar refractivity (Wildman–Crippen MR) is 64.0 cm³/mol. The second kappa shape index (κ2) is 4.96. The molecule has 1 heterocycles. The Hall–Kier alpha value is -1.32. The third kappa shape index (κ3) is 2.37. The van der Waals surface area contributed by atoms with Crippen molar-refractivity contribution >= 4 is 11.6 Å². The fraction of sp³-hybridized carbons (Fsp3) is 0.636. The maximum Gasteiger partial charge on any atom is 0.137 e. The fourth-order valence-electron chi connectivity index (χ4n) is 1.54. The monoisotopic (exact) mass is 208 g/mol. The van der Waals surface area contributed by atoms with Crippen LogP contribution >= 0.6 is 0 Å². The first kappa shape index (κ1) is 11.8. The maximum atomic E-state index is 5.83. The zero-order chi connectivity index (χ0) is 11.4. The van der Waals surface area contributed by atoms with Crippen molar-refractivity contribution in [3.63, 3.8) is 0 Å². The van der Waals surface area contributed by atoms with Gasteiger partial charge in [0.2, 0.25) is 0 Å². The van der Waals surface area contributed by atoms with Gasteiger partial charge in [-0.25, -0.2) is 9.97 Å². The smallest absolute Gasteiger partial charge is 0.137 e. The standard InChI is InChI=1S/C11H20N4/c1-5-8(3)15(4)11-9(6-2)10(12)13-7-14-11/h7-8H,5-6H2,1-4H3,(H2,12,13,14). The van der Waals surface area contributed by atoms with E-state index in [0.717, 1.165) is 24.2 Å². The minimum Gasteiger partial charge on any atom is -0.383 e. The average Bonchev–Trinajstić information content (AvgIpc) is 2.26. The highest BCUT2D eigenvalue weighted by atomic mass is 15.2. The summed E-state index contributed by atoms with van der Waals surface area (Å²) in [6.45, 7) is 6.41. The number of nitrogens with zero attached hydrogens (tertiary/aromatic N) is 3. The molecule has 0 aromatic carbocycles. The molecule has 0 bridgehead atoms. The first-order valence-electron chi connectivity index (χ1n) is 5.43. The van der Waals surface area contributed by atoms with Gasteiger partial charge >= 0.3 is 0 Å². The minimum absolute atomic E-state index is 0.463. The fourth-order valence-corrected chi connectivity index (χ4v) is 1.54. The number of aromatic nitrogens is 2. The molecule has 15 heavy (non-hydrogen) atoms. The van der Waals surface area contributed by atoms with Crippen molar-refractivity contribution in [1.29, 1.82) is 0 Å². The van der Waals surface area contributed by atoms with Crippen LogP contribution in [0.15, 0.2) is 6.33 Å². The molecule has 0 aliphatic heterocycles. The van der Waals surface area contributed by atoms with Gasteiger partial charge < -0.3 is 10.6 Å². The van der Waals surface area contributed by atoms with Crippen LogP contribution in [0.2, 0.25) is 0 Å². The topological polar surface area (TPSA) is 55.0 Å². The molecule has 0 aliphatic carbocycles. The summed E-state index contributed by atoms with van der Waals surface area (Å²) in [5, 5.41) is 0. The Balaban J connectivity index is 3.07. The van der Waals surface area contributed by atoms with Gasteiger partial charge in [-0.15, -0.1) is 0 Å². The number of anilines is 2. The molecule has 0 spiro atoms. The SMILES string of the molecule is CCc1c(N)ncnc1N(C)C(C)CC. The lowest BCUT2D eigenvalue weighted by Gasteiger charge is -2.26. The third-order valence-electron chi connectivity index (χ3n) is 2.90. The third-order valence-corrected chi connectivity index (χ3v) is 2.90. The van der Waals surface area contributed by atoms with Gasteiger partial charge in [-0.05, 0) is 19.8 Å². The van der Waals surface area contributed by atoms with Crippen LogP contribution in [0.4, 0.5) is 11.6 Å². The molecule has 0 radical (unpaired) electrons. The summed E-state index contributed by atoms with van der Waals surface area (Å²) in [7, 11) is 2.05. The van der Waals surface area contributed by atoms with E-state index in [2.05, 4.69) is 42.7 Å². The summed E-state index contributed by atoms with van der Waals surface area (Å²) in [6, 6.07) is 0.463. The van der Waals surface area contributed by atoms with Gasteiger partial charge in [-0.3, -0.25) is 0 Å². The first-order chi connectivity index (χ1) is 7.11. The number of hydrogen-bond acceptors (Lipinski definition) is 4. The number of hydrogen-bond donors (Lipinski definition) is 1. The molecule has 2 N–H and O–H groups in total. The van der Waals surface area contributed by atoms with Crippen LogP contribution in [-0.4, -0.2) is 23.1 Å². The van der Waals surface area contributed by atoms with E-state index in [-0.39, 0.29) is 0 Å². The minimum atomic E-state index is 0.463. The first-order valence-corrected chi connectivity index (χ1v) is 5.43. The summed E-state index contributed by atoms with van der Waals surface area (Å²) >= 11 is 0. The van der Waals surface area contributed by atoms with Gasteiger partial charge in [-0.2, -0.15) is 0 Å². The number of nitrogens with two attached hydrogens (primary N) is 1. The molecule has 4 heteroatoms. The van der Waals surface area contributed by atoms with Crippen molar-refractivity contribution in [2.24, 2.45) is 0 Å². The van der Waals surface area contributed by atoms with E-state index in [1.54, 1.807) is 0 Å². The molecule has 0 amide bonds. The van der Waals surface area contributed by atoms with E-state index < -0.39 is 0 Å². The Morgan fingerprint density at radius 1 is 1.40 bits per heavy atom. The maximum absolute atomic E-state index is 5.83. The normalized spacial score (nSPS) is 12.5. The Morgan fingerprint density at radius 2 is 2.07 bits per heavy atom. The molecule has 1 unspecified atom stereocenters. The Morgan fingerprint density at radius 3 is 2.60 bits per heavy atom. The lowest BCUT2D eigenvalue weighted by Crippen LogP contribution is -2.30. The van der Waals surface area contributed by atoms with Crippen molar-refractivity contribution in [2.75, 3.05) is 17.7 Å². The van der Waals surface area contributed by atoms with Crippen molar-refractivity contribution < 1.29 is 0 Å². The molecule has 0 fully saturated rings. The molecule has 0 aliphatic rings. The van der Waals surface area contributed by atoms with E-state index >= 15 is 0 Å². The molecule has 0 saturated carbocycles. The van der Waals surface area contributed by atoms with Crippen molar-refractivity contribution in [3.05, 3.63) is 11.9 Å². The Bertz CT molecular complexity index is 324. The molecule has 1 rings (SSSR count). The lowest BCUT2D eigenvalue weighted by atomic mass is 10.1. The lowest BCUT2D eigenvalue weighted by molar-refractivity contribution is 0.653. The van der Waals surface area contributed by atoms with Crippen molar-refractivity contribution in [1.82, 2.24) is 9.97 Å². The second-order valence-corrected chi connectivity index (χ2v) is 3.78. The molecule has 0 saturated heterocycles. The molecule has 1 atom stereocenters. The summed E-state index contributed by atoms with van der Waals surface area (Å²) in [6.07, 6.45) is 3.48. The number of nitrogen functional groups attached to an aromatic ring is 1. The van der Waals surface area contributed by atoms with Crippen LogP contribution in [0.5, 0.6) is 0 Å². The van der Waals surface area contributed by atoms with Gasteiger partial charge in [0.25, 0.3) is 0 Å². The largest absolute Gasteiger partial charge is 0.383 e. The molecule has 4 nitrogen and oxygen atoms in total. The molecular weight excluding hydrogens is 188 g/mol. The second-order valence-electron chi connectivity index (χ2n) is 3.78. The van der Waals surface area contributed by atoms with Gasteiger partial charge in [0, 0.05) is 18.7 Å².